The molecule has 0 bridgehead atoms. The molecule has 27 heavy (non-hydrogen) atoms. The zero-order valence-corrected chi connectivity index (χ0v) is 17.3. The number of para-hydroxylation sites is 2. The summed E-state index contributed by atoms with van der Waals surface area (Å²) in [6.07, 6.45) is 0. The Labute approximate surface area is 166 Å². The number of hydrogen-bond donors (Lipinski definition) is 1. The summed E-state index contributed by atoms with van der Waals surface area (Å²) in [5.41, 5.74) is 0.266. The van der Waals surface area contributed by atoms with E-state index in [4.69, 9.17) is 14.2 Å². The van der Waals surface area contributed by atoms with Gasteiger partial charge in [-0.3, -0.25) is 0 Å². The van der Waals surface area contributed by atoms with Crippen molar-refractivity contribution >= 4 is 31.9 Å². The first-order chi connectivity index (χ1) is 12.9. The number of benzene rings is 2. The van der Waals surface area contributed by atoms with Crippen LogP contribution >= 0.6 is 15.9 Å². The number of methoxy groups -OCH3 is 1. The van der Waals surface area contributed by atoms with Gasteiger partial charge in [0.05, 0.1) is 24.2 Å². The van der Waals surface area contributed by atoms with Crippen LogP contribution in [0.5, 0.6) is 11.5 Å². The molecule has 7 nitrogen and oxygen atoms in total. The summed E-state index contributed by atoms with van der Waals surface area (Å²) in [7, 11) is -2.25. The van der Waals surface area contributed by atoms with Gasteiger partial charge in [0.15, 0.2) is 11.5 Å². The first-order valence-corrected chi connectivity index (χ1v) is 10.4. The van der Waals surface area contributed by atoms with E-state index >= 15 is 0 Å². The first kappa shape index (κ1) is 21.2. The molecule has 0 unspecified atom stereocenters. The first-order valence-electron chi connectivity index (χ1n) is 8.11. The van der Waals surface area contributed by atoms with Crippen molar-refractivity contribution in [2.45, 2.75) is 11.8 Å². The molecule has 2 rings (SSSR count). The van der Waals surface area contributed by atoms with Gasteiger partial charge in [-0.25, -0.2) is 17.9 Å². The number of sulfonamides is 1. The van der Waals surface area contributed by atoms with Gasteiger partial charge in [-0.15, -0.1) is 0 Å². The molecule has 0 radical (unpaired) electrons. The summed E-state index contributed by atoms with van der Waals surface area (Å²) < 4.78 is 43.2. The Kier molecular flexibility index (Phi) is 7.64. The van der Waals surface area contributed by atoms with Gasteiger partial charge >= 0.3 is 5.97 Å². The average molecular weight is 458 g/mol. The van der Waals surface area contributed by atoms with Crippen molar-refractivity contribution in [3.05, 3.63) is 52.5 Å². The van der Waals surface area contributed by atoms with E-state index in [1.165, 1.54) is 25.3 Å². The summed E-state index contributed by atoms with van der Waals surface area (Å²) in [5, 5.41) is 0. The second kappa shape index (κ2) is 9.72. The molecular formula is C18H20BrNO6S. The second-order valence-electron chi connectivity index (χ2n) is 5.26. The lowest BCUT2D eigenvalue weighted by molar-refractivity contribution is 0.0526. The summed E-state index contributed by atoms with van der Waals surface area (Å²) >= 11 is 3.19. The van der Waals surface area contributed by atoms with Gasteiger partial charge in [-0.05, 0) is 53.2 Å². The Morgan fingerprint density at radius 3 is 2.48 bits per heavy atom. The molecule has 0 saturated heterocycles. The number of ether oxygens (including phenoxy) is 3. The van der Waals surface area contributed by atoms with E-state index in [2.05, 4.69) is 20.7 Å². The minimum atomic E-state index is -3.78. The van der Waals surface area contributed by atoms with E-state index in [9.17, 15) is 13.2 Å². The molecule has 0 aliphatic carbocycles. The number of nitrogens with one attached hydrogen (secondary N) is 1. The molecule has 2 aromatic carbocycles. The molecule has 0 saturated carbocycles. The van der Waals surface area contributed by atoms with Crippen LogP contribution in [-0.4, -0.2) is 41.3 Å². The highest BCUT2D eigenvalue weighted by Crippen LogP contribution is 2.26. The Bertz CT molecular complexity index is 900. The molecule has 9 heteroatoms. The summed E-state index contributed by atoms with van der Waals surface area (Å²) in [4.78, 5) is 11.7. The molecule has 0 fully saturated rings. The molecule has 0 atom stereocenters. The Morgan fingerprint density at radius 1 is 1.15 bits per heavy atom. The predicted octanol–water partition coefficient (Wildman–Crippen LogP) is 2.99. The van der Waals surface area contributed by atoms with Gasteiger partial charge in [0.2, 0.25) is 10.0 Å². The van der Waals surface area contributed by atoms with Crippen molar-refractivity contribution in [2.24, 2.45) is 0 Å². The molecule has 0 heterocycles. The van der Waals surface area contributed by atoms with Crippen LogP contribution in [0, 0.1) is 0 Å². The van der Waals surface area contributed by atoms with E-state index in [1.54, 1.807) is 25.1 Å². The Morgan fingerprint density at radius 2 is 1.85 bits per heavy atom. The molecule has 146 valence electrons. The minimum Gasteiger partial charge on any atom is -0.493 e. The predicted molar refractivity (Wildman–Crippen MR) is 104 cm³/mol. The fraction of sp³-hybridized carbons (Fsp3) is 0.278. The number of halogens is 1. The van der Waals surface area contributed by atoms with Crippen molar-refractivity contribution in [1.29, 1.82) is 0 Å². The smallest absolute Gasteiger partial charge is 0.338 e. The number of esters is 1. The third kappa shape index (κ3) is 5.69. The van der Waals surface area contributed by atoms with Gasteiger partial charge in [0.1, 0.15) is 6.61 Å². The van der Waals surface area contributed by atoms with Gasteiger partial charge in [-0.2, -0.15) is 0 Å². The van der Waals surface area contributed by atoms with E-state index in [1.807, 2.05) is 6.07 Å². The topological polar surface area (TPSA) is 90.9 Å². The second-order valence-corrected chi connectivity index (χ2v) is 7.85. The van der Waals surface area contributed by atoms with E-state index in [0.717, 1.165) is 0 Å². The van der Waals surface area contributed by atoms with Crippen LogP contribution in [0.3, 0.4) is 0 Å². The lowest BCUT2D eigenvalue weighted by Gasteiger charge is -2.12. The van der Waals surface area contributed by atoms with Crippen LogP contribution in [0.2, 0.25) is 0 Å². The number of carbonyl (C=O) groups excluding carboxylic acids is 1. The van der Waals surface area contributed by atoms with Gasteiger partial charge in [0.25, 0.3) is 0 Å². The van der Waals surface area contributed by atoms with E-state index in [0.29, 0.717) is 11.5 Å². The quantitative estimate of drug-likeness (QED) is 0.459. The molecular weight excluding hydrogens is 438 g/mol. The van der Waals surface area contributed by atoms with Crippen molar-refractivity contribution in [3.63, 3.8) is 0 Å². The standard InChI is InChI=1S/C18H20BrNO6S/c1-3-25-18(21)13-8-9-17(14(19)12-13)27(22,23)20-10-11-26-16-7-5-4-6-15(16)24-2/h4-9,12,20H,3,10-11H2,1-2H3. The van der Waals surface area contributed by atoms with Crippen molar-refractivity contribution in [2.75, 3.05) is 26.9 Å². The SMILES string of the molecule is CCOC(=O)c1ccc(S(=O)(=O)NCCOc2ccccc2OC)c(Br)c1. The van der Waals surface area contributed by atoms with Crippen LogP contribution < -0.4 is 14.2 Å². The van der Waals surface area contributed by atoms with Crippen molar-refractivity contribution < 1.29 is 27.4 Å². The normalized spacial score (nSPS) is 11.1. The molecule has 0 amide bonds. The number of carbonyl (C=O) groups is 1. The van der Waals surface area contributed by atoms with Crippen LogP contribution in [0.4, 0.5) is 0 Å². The molecule has 0 aliphatic heterocycles. The molecule has 0 aromatic heterocycles. The summed E-state index contributed by atoms with van der Waals surface area (Å²) in [5.74, 6) is 0.581. The third-order valence-corrected chi connectivity index (χ3v) is 5.89. The van der Waals surface area contributed by atoms with Crippen LogP contribution in [0.25, 0.3) is 0 Å². The molecule has 1 N–H and O–H groups in total. The average Bonchev–Trinajstić information content (AvgIpc) is 2.65. The Balaban J connectivity index is 1.99. The fourth-order valence-electron chi connectivity index (χ4n) is 2.21. The third-order valence-electron chi connectivity index (χ3n) is 3.45. The van der Waals surface area contributed by atoms with Gasteiger partial charge in [0, 0.05) is 11.0 Å². The highest BCUT2D eigenvalue weighted by Gasteiger charge is 2.19. The van der Waals surface area contributed by atoms with Crippen molar-refractivity contribution in [3.8, 4) is 11.5 Å². The van der Waals surface area contributed by atoms with Crippen molar-refractivity contribution in [1.82, 2.24) is 4.72 Å². The Hall–Kier alpha value is -2.10. The van der Waals surface area contributed by atoms with Gasteiger partial charge < -0.3 is 14.2 Å². The maximum atomic E-state index is 12.5. The lowest BCUT2D eigenvalue weighted by Crippen LogP contribution is -2.28. The summed E-state index contributed by atoms with van der Waals surface area (Å²) in [6.45, 7) is 2.12. The van der Waals surface area contributed by atoms with Crippen LogP contribution in [0.15, 0.2) is 51.8 Å². The minimum absolute atomic E-state index is 0.0211. The molecule has 0 spiro atoms. The highest BCUT2D eigenvalue weighted by molar-refractivity contribution is 9.10. The number of rotatable bonds is 9. The zero-order chi connectivity index (χ0) is 19.9. The zero-order valence-electron chi connectivity index (χ0n) is 14.9. The highest BCUT2D eigenvalue weighted by atomic mass is 79.9. The van der Waals surface area contributed by atoms with E-state index < -0.39 is 16.0 Å². The maximum Gasteiger partial charge on any atom is 0.338 e. The lowest BCUT2D eigenvalue weighted by atomic mass is 10.2. The summed E-state index contributed by atoms with van der Waals surface area (Å²) in [6, 6.07) is 11.3. The molecule has 0 aliphatic rings. The van der Waals surface area contributed by atoms with Gasteiger partial charge in [-0.1, -0.05) is 12.1 Å². The van der Waals surface area contributed by atoms with Crippen LogP contribution in [-0.2, 0) is 14.8 Å². The monoisotopic (exact) mass is 457 g/mol. The fourth-order valence-corrected chi connectivity index (χ4v) is 4.30. The number of hydrogen-bond acceptors (Lipinski definition) is 6. The largest absolute Gasteiger partial charge is 0.493 e. The molecule has 2 aromatic rings. The maximum absolute atomic E-state index is 12.5. The van der Waals surface area contributed by atoms with E-state index in [-0.39, 0.29) is 34.7 Å². The van der Waals surface area contributed by atoms with Crippen LogP contribution in [0.1, 0.15) is 17.3 Å².